The van der Waals surface area contributed by atoms with Gasteiger partial charge in [0.1, 0.15) is 5.56 Å². The van der Waals surface area contributed by atoms with E-state index < -0.39 is 10.8 Å². The van der Waals surface area contributed by atoms with Crippen LogP contribution in [0.2, 0.25) is 5.02 Å². The number of carbonyl (C=O) groups excluding carboxylic acids is 1. The van der Waals surface area contributed by atoms with Gasteiger partial charge in [0.2, 0.25) is 0 Å². The van der Waals surface area contributed by atoms with Crippen molar-refractivity contribution in [3.05, 3.63) is 38.9 Å². The minimum absolute atomic E-state index is 0.118. The third-order valence-electron chi connectivity index (χ3n) is 1.78. The Kier molecular flexibility index (Phi) is 4.17. The van der Waals surface area contributed by atoms with E-state index in [0.29, 0.717) is 5.71 Å². The van der Waals surface area contributed by atoms with Crippen LogP contribution in [0.25, 0.3) is 0 Å². The number of nitro benzene ring substituents is 1. The highest BCUT2D eigenvalue weighted by molar-refractivity contribution is 6.31. The molecular formula is C10H10ClN3O3. The fourth-order valence-corrected chi connectivity index (χ4v) is 1.24. The molecule has 0 spiro atoms. The Balaban J connectivity index is 3.11. The lowest BCUT2D eigenvalue weighted by Crippen LogP contribution is -2.19. The molecule has 0 saturated heterocycles. The highest BCUT2D eigenvalue weighted by atomic mass is 35.5. The molecule has 0 aliphatic heterocycles. The molecular weight excluding hydrogens is 246 g/mol. The summed E-state index contributed by atoms with van der Waals surface area (Å²) in [6.45, 7) is 3.37. The predicted molar refractivity (Wildman–Crippen MR) is 64.4 cm³/mol. The van der Waals surface area contributed by atoms with Gasteiger partial charge in [-0.25, -0.2) is 5.43 Å². The smallest absolute Gasteiger partial charge is 0.267 e. The molecule has 6 nitrogen and oxygen atoms in total. The summed E-state index contributed by atoms with van der Waals surface area (Å²) in [5.74, 6) is -0.666. The van der Waals surface area contributed by atoms with E-state index in [0.717, 1.165) is 0 Å². The molecule has 0 fully saturated rings. The summed E-state index contributed by atoms with van der Waals surface area (Å²) in [5.41, 5.74) is 2.41. The molecule has 1 rings (SSSR count). The van der Waals surface area contributed by atoms with Crippen LogP contribution in [0.4, 0.5) is 5.69 Å². The number of benzene rings is 1. The average Bonchev–Trinajstić information content (AvgIpc) is 2.25. The summed E-state index contributed by atoms with van der Waals surface area (Å²) < 4.78 is 0. The van der Waals surface area contributed by atoms with E-state index in [1.807, 2.05) is 0 Å². The molecule has 0 aliphatic carbocycles. The number of hydrogen-bond donors (Lipinski definition) is 1. The minimum Gasteiger partial charge on any atom is -0.267 e. The topological polar surface area (TPSA) is 84.6 Å². The quantitative estimate of drug-likeness (QED) is 0.511. The van der Waals surface area contributed by atoms with E-state index in [2.05, 4.69) is 10.5 Å². The van der Waals surface area contributed by atoms with Crippen LogP contribution >= 0.6 is 11.6 Å². The number of hydrogen-bond acceptors (Lipinski definition) is 4. The van der Waals surface area contributed by atoms with E-state index in [1.165, 1.54) is 18.2 Å². The Bertz CT molecular complexity index is 496. The maximum Gasteiger partial charge on any atom is 0.282 e. The normalized spacial score (nSPS) is 9.59. The molecule has 0 heterocycles. The molecule has 1 aromatic rings. The van der Waals surface area contributed by atoms with E-state index in [1.54, 1.807) is 13.8 Å². The second kappa shape index (κ2) is 5.40. The van der Waals surface area contributed by atoms with Crippen molar-refractivity contribution >= 4 is 28.9 Å². The Hall–Kier alpha value is -1.95. The first-order valence-electron chi connectivity index (χ1n) is 4.67. The SMILES string of the molecule is CC(C)=NNC(=O)c1cc(Cl)ccc1[N+](=O)[O-]. The number of rotatable bonds is 3. The van der Waals surface area contributed by atoms with Crippen molar-refractivity contribution in [3.8, 4) is 0 Å². The molecule has 0 saturated carbocycles. The van der Waals surface area contributed by atoms with Crippen molar-refractivity contribution in [1.29, 1.82) is 0 Å². The maximum absolute atomic E-state index is 11.6. The van der Waals surface area contributed by atoms with Gasteiger partial charge in [-0.1, -0.05) is 11.6 Å². The highest BCUT2D eigenvalue weighted by Gasteiger charge is 2.20. The molecule has 7 heteroatoms. The number of halogens is 1. The van der Waals surface area contributed by atoms with Crippen molar-refractivity contribution in [2.24, 2.45) is 5.10 Å². The zero-order valence-corrected chi connectivity index (χ0v) is 9.99. The number of nitro groups is 1. The molecule has 90 valence electrons. The monoisotopic (exact) mass is 255 g/mol. The molecule has 1 aromatic carbocycles. The van der Waals surface area contributed by atoms with Crippen molar-refractivity contribution in [2.75, 3.05) is 0 Å². The van der Waals surface area contributed by atoms with Crippen LogP contribution in [-0.4, -0.2) is 16.5 Å². The molecule has 1 amide bonds. The lowest BCUT2D eigenvalue weighted by atomic mass is 10.2. The Morgan fingerprint density at radius 1 is 1.47 bits per heavy atom. The summed E-state index contributed by atoms with van der Waals surface area (Å²) in [6.07, 6.45) is 0. The van der Waals surface area contributed by atoms with Crippen LogP contribution in [0.1, 0.15) is 24.2 Å². The second-order valence-corrected chi connectivity index (χ2v) is 3.85. The maximum atomic E-state index is 11.6. The molecule has 17 heavy (non-hydrogen) atoms. The van der Waals surface area contributed by atoms with Gasteiger partial charge in [-0.05, 0) is 26.0 Å². The minimum atomic E-state index is -0.666. The van der Waals surface area contributed by atoms with E-state index in [4.69, 9.17) is 11.6 Å². The molecule has 0 bridgehead atoms. The number of hydrazone groups is 1. The number of nitrogens with one attached hydrogen (secondary N) is 1. The Morgan fingerprint density at radius 2 is 2.12 bits per heavy atom. The van der Waals surface area contributed by atoms with Gasteiger partial charge in [0, 0.05) is 16.8 Å². The summed E-state index contributed by atoms with van der Waals surface area (Å²) in [4.78, 5) is 21.7. The second-order valence-electron chi connectivity index (χ2n) is 3.42. The predicted octanol–water partition coefficient (Wildman–Crippen LogP) is 2.37. The van der Waals surface area contributed by atoms with Crippen molar-refractivity contribution in [3.63, 3.8) is 0 Å². The Morgan fingerprint density at radius 3 is 2.65 bits per heavy atom. The van der Waals surface area contributed by atoms with Crippen molar-refractivity contribution in [1.82, 2.24) is 5.43 Å². The molecule has 0 atom stereocenters. The lowest BCUT2D eigenvalue weighted by Gasteiger charge is -2.02. The molecule has 0 aliphatic rings. The molecule has 0 unspecified atom stereocenters. The fourth-order valence-electron chi connectivity index (χ4n) is 1.07. The molecule has 0 aromatic heterocycles. The van der Waals surface area contributed by atoms with Gasteiger partial charge in [0.15, 0.2) is 0 Å². The van der Waals surface area contributed by atoms with Crippen molar-refractivity contribution < 1.29 is 9.72 Å². The first kappa shape index (κ1) is 13.1. The summed E-state index contributed by atoms with van der Waals surface area (Å²) in [5, 5.41) is 14.7. The van der Waals surface area contributed by atoms with Gasteiger partial charge in [-0.3, -0.25) is 14.9 Å². The molecule has 0 radical (unpaired) electrons. The zero-order valence-electron chi connectivity index (χ0n) is 9.23. The zero-order chi connectivity index (χ0) is 13.0. The highest BCUT2D eigenvalue weighted by Crippen LogP contribution is 2.22. The fraction of sp³-hybridized carbons (Fsp3) is 0.200. The Labute approximate surface area is 102 Å². The first-order valence-corrected chi connectivity index (χ1v) is 5.05. The van der Waals surface area contributed by atoms with Crippen LogP contribution in [0.3, 0.4) is 0 Å². The van der Waals surface area contributed by atoms with Crippen LogP contribution < -0.4 is 5.43 Å². The van der Waals surface area contributed by atoms with Crippen molar-refractivity contribution in [2.45, 2.75) is 13.8 Å². The van der Waals surface area contributed by atoms with Gasteiger partial charge in [0.25, 0.3) is 11.6 Å². The van der Waals surface area contributed by atoms with Crippen LogP contribution in [0.5, 0.6) is 0 Å². The van der Waals surface area contributed by atoms with E-state index in [-0.39, 0.29) is 16.3 Å². The first-order chi connectivity index (χ1) is 7.91. The van der Waals surface area contributed by atoms with Gasteiger partial charge in [-0.15, -0.1) is 0 Å². The summed E-state index contributed by atoms with van der Waals surface area (Å²) >= 11 is 5.69. The lowest BCUT2D eigenvalue weighted by molar-refractivity contribution is -0.385. The number of nitrogens with zero attached hydrogens (tertiary/aromatic N) is 2. The van der Waals surface area contributed by atoms with Crippen LogP contribution in [0.15, 0.2) is 23.3 Å². The summed E-state index contributed by atoms with van der Waals surface area (Å²) in [6, 6.07) is 3.76. The largest absolute Gasteiger partial charge is 0.282 e. The van der Waals surface area contributed by atoms with Crippen LogP contribution in [-0.2, 0) is 0 Å². The third kappa shape index (κ3) is 3.53. The van der Waals surface area contributed by atoms with Gasteiger partial charge in [0.05, 0.1) is 4.92 Å². The van der Waals surface area contributed by atoms with Gasteiger partial charge < -0.3 is 0 Å². The van der Waals surface area contributed by atoms with E-state index >= 15 is 0 Å². The van der Waals surface area contributed by atoms with Crippen LogP contribution in [0, 0.1) is 10.1 Å². The van der Waals surface area contributed by atoms with E-state index in [9.17, 15) is 14.9 Å². The molecule has 1 N–H and O–H groups in total. The van der Waals surface area contributed by atoms with Gasteiger partial charge in [-0.2, -0.15) is 5.10 Å². The van der Waals surface area contributed by atoms with Gasteiger partial charge >= 0.3 is 0 Å². The average molecular weight is 256 g/mol. The third-order valence-corrected chi connectivity index (χ3v) is 2.02. The number of carbonyl (C=O) groups is 1. The standard InChI is InChI=1S/C10H10ClN3O3/c1-6(2)12-13-10(15)8-5-7(11)3-4-9(8)14(16)17/h3-5H,1-2H3,(H,13,15). The summed E-state index contributed by atoms with van der Waals surface area (Å²) in [7, 11) is 0. The number of amides is 1.